The Morgan fingerprint density at radius 2 is 2.00 bits per heavy atom. The first-order valence-corrected chi connectivity index (χ1v) is 6.39. The molecule has 19 heavy (non-hydrogen) atoms. The van der Waals surface area contributed by atoms with Crippen molar-refractivity contribution in [3.05, 3.63) is 53.0 Å². The number of carbonyl (C=O) groups excluding carboxylic acids is 1. The minimum atomic E-state index is -0.0430. The Kier molecular flexibility index (Phi) is 5.99. The van der Waals surface area contributed by atoms with Gasteiger partial charge in [0.2, 0.25) is 0 Å². The van der Waals surface area contributed by atoms with Gasteiger partial charge in [-0.25, -0.2) is 9.36 Å². The third-order valence-corrected chi connectivity index (χ3v) is 3.18. The third kappa shape index (κ3) is 4.31. The van der Waals surface area contributed by atoms with Crippen LogP contribution in [0.5, 0.6) is 0 Å². The smallest absolute Gasteiger partial charge is 0.415 e. The van der Waals surface area contributed by atoms with Gasteiger partial charge in [0, 0.05) is 18.1 Å². The van der Waals surface area contributed by atoms with E-state index >= 15 is 0 Å². The number of rotatable bonds is 2. The zero-order valence-electron chi connectivity index (χ0n) is 10.8. The Morgan fingerprint density at radius 1 is 1.37 bits per heavy atom. The largest absolute Gasteiger partial charge is 1.00 e. The first kappa shape index (κ1) is 16.2. The summed E-state index contributed by atoms with van der Waals surface area (Å²) in [5.74, 6) is 0. The zero-order chi connectivity index (χ0) is 13.1. The third-order valence-electron chi connectivity index (χ3n) is 2.65. The molecule has 0 atom stereocenters. The van der Waals surface area contributed by atoms with Gasteiger partial charge in [0.05, 0.1) is 7.05 Å². The van der Waals surface area contributed by atoms with Crippen LogP contribution in [0, 0.1) is 0 Å². The van der Waals surface area contributed by atoms with Gasteiger partial charge in [-0.1, -0.05) is 28.1 Å². The molecule has 2 aromatic rings. The molecule has 0 spiro atoms. The van der Waals surface area contributed by atoms with Crippen molar-refractivity contribution in [1.82, 2.24) is 9.47 Å². The Bertz CT molecular complexity index is 553. The summed E-state index contributed by atoms with van der Waals surface area (Å²) < 4.78 is 4.45. The average molecular weight is 436 g/mol. The van der Waals surface area contributed by atoms with Crippen molar-refractivity contribution < 1.29 is 33.3 Å². The van der Waals surface area contributed by atoms with E-state index in [4.69, 9.17) is 0 Å². The average Bonchev–Trinajstić information content (AvgIpc) is 2.78. The van der Waals surface area contributed by atoms with Crippen LogP contribution in [0.15, 0.2) is 47.5 Å². The highest BCUT2D eigenvalue weighted by Gasteiger charge is 2.16. The molecule has 0 N–H and O–H groups in total. The van der Waals surface area contributed by atoms with Crippen LogP contribution in [0.25, 0.3) is 0 Å². The van der Waals surface area contributed by atoms with Crippen LogP contribution in [0.3, 0.4) is 0 Å². The molecule has 1 heterocycles. The van der Waals surface area contributed by atoms with Crippen LogP contribution in [0.2, 0.25) is 0 Å². The van der Waals surface area contributed by atoms with Gasteiger partial charge in [-0.05, 0) is 17.7 Å². The van der Waals surface area contributed by atoms with Crippen LogP contribution in [-0.2, 0) is 13.6 Å². The summed E-state index contributed by atoms with van der Waals surface area (Å²) in [6.45, 7) is 0.591. The van der Waals surface area contributed by atoms with E-state index in [-0.39, 0.29) is 30.0 Å². The van der Waals surface area contributed by atoms with E-state index in [0.717, 1.165) is 10.0 Å². The van der Waals surface area contributed by atoms with E-state index in [0.29, 0.717) is 6.54 Å². The van der Waals surface area contributed by atoms with Crippen LogP contribution in [0.1, 0.15) is 5.56 Å². The molecule has 0 aliphatic rings. The van der Waals surface area contributed by atoms with Crippen molar-refractivity contribution in [3.8, 4) is 0 Å². The summed E-state index contributed by atoms with van der Waals surface area (Å²) in [6, 6.07) is 7.91. The SMILES string of the molecule is CN(Cc1ccc(Br)cc1)C(=O)n1cc[n+](C)c1.[I-]. The minimum Gasteiger partial charge on any atom is -1.00 e. The maximum atomic E-state index is 12.1. The van der Waals surface area contributed by atoms with E-state index in [1.165, 1.54) is 0 Å². The van der Waals surface area contributed by atoms with Gasteiger partial charge < -0.3 is 28.9 Å². The molecule has 102 valence electrons. The Hall–Kier alpha value is -0.890. The second-order valence-corrected chi connectivity index (χ2v) is 5.17. The number of aromatic nitrogens is 2. The molecule has 4 nitrogen and oxygen atoms in total. The van der Waals surface area contributed by atoms with E-state index in [2.05, 4.69) is 15.9 Å². The van der Waals surface area contributed by atoms with Crippen molar-refractivity contribution in [1.29, 1.82) is 0 Å². The maximum absolute atomic E-state index is 12.1. The van der Waals surface area contributed by atoms with Crippen molar-refractivity contribution in [2.24, 2.45) is 7.05 Å². The van der Waals surface area contributed by atoms with Crippen LogP contribution < -0.4 is 28.5 Å². The number of amides is 1. The number of nitrogens with zero attached hydrogens (tertiary/aromatic N) is 3. The second kappa shape index (κ2) is 7.04. The molecule has 0 saturated carbocycles. The molecular weight excluding hydrogens is 421 g/mol. The minimum absolute atomic E-state index is 0. The lowest BCUT2D eigenvalue weighted by atomic mass is 10.2. The molecule has 0 bridgehead atoms. The molecule has 0 fully saturated rings. The first-order chi connectivity index (χ1) is 8.56. The molecular formula is C13H15BrIN3O. The number of benzene rings is 1. The van der Waals surface area contributed by atoms with Gasteiger partial charge >= 0.3 is 6.03 Å². The summed E-state index contributed by atoms with van der Waals surface area (Å²) in [5.41, 5.74) is 1.10. The van der Waals surface area contributed by atoms with Gasteiger partial charge in [0.1, 0.15) is 12.4 Å². The van der Waals surface area contributed by atoms with Crippen LogP contribution >= 0.6 is 15.9 Å². The Morgan fingerprint density at radius 3 is 2.53 bits per heavy atom. The predicted molar refractivity (Wildman–Crippen MR) is 72.0 cm³/mol. The topological polar surface area (TPSA) is 29.1 Å². The molecule has 1 amide bonds. The predicted octanol–water partition coefficient (Wildman–Crippen LogP) is -0.821. The molecule has 1 aromatic heterocycles. The molecule has 0 saturated heterocycles. The van der Waals surface area contributed by atoms with Gasteiger partial charge in [0.25, 0.3) is 6.33 Å². The standard InChI is InChI=1S/C13H15BrN3O.HI/c1-15-7-8-17(10-15)13(18)16(2)9-11-3-5-12(14)6-4-11;/h3-8,10H,9H2,1-2H3;1H/q+1;/p-1. The number of halogens is 2. The molecule has 0 unspecified atom stereocenters. The summed E-state index contributed by atoms with van der Waals surface area (Å²) in [7, 11) is 3.68. The van der Waals surface area contributed by atoms with E-state index in [1.54, 1.807) is 29.0 Å². The quantitative estimate of drug-likeness (QED) is 0.447. The fraction of sp³-hybridized carbons (Fsp3) is 0.231. The van der Waals surface area contributed by atoms with Gasteiger partial charge in [-0.15, -0.1) is 0 Å². The zero-order valence-corrected chi connectivity index (χ0v) is 14.5. The molecule has 0 aliphatic heterocycles. The lowest BCUT2D eigenvalue weighted by Gasteiger charge is -2.13. The summed E-state index contributed by atoms with van der Waals surface area (Å²) in [6.07, 6.45) is 5.34. The fourth-order valence-corrected chi connectivity index (χ4v) is 1.96. The normalized spacial score (nSPS) is 9.84. The highest BCUT2D eigenvalue weighted by molar-refractivity contribution is 9.10. The Balaban J connectivity index is 0.00000180. The van der Waals surface area contributed by atoms with E-state index < -0.39 is 0 Å². The number of carbonyl (C=O) groups is 1. The summed E-state index contributed by atoms with van der Waals surface area (Å²) >= 11 is 3.39. The van der Waals surface area contributed by atoms with Gasteiger partial charge in [-0.2, -0.15) is 4.57 Å². The highest BCUT2D eigenvalue weighted by Crippen LogP contribution is 2.12. The molecule has 1 aromatic carbocycles. The lowest BCUT2D eigenvalue weighted by Crippen LogP contribution is -3.00. The van der Waals surface area contributed by atoms with Crippen molar-refractivity contribution in [2.75, 3.05) is 7.05 Å². The van der Waals surface area contributed by atoms with Gasteiger partial charge in [0.15, 0.2) is 0 Å². The van der Waals surface area contributed by atoms with Crippen molar-refractivity contribution in [3.63, 3.8) is 0 Å². The number of imidazole rings is 1. The maximum Gasteiger partial charge on any atom is 0.415 e. The number of aryl methyl sites for hydroxylation is 1. The van der Waals surface area contributed by atoms with Crippen molar-refractivity contribution >= 4 is 22.0 Å². The molecule has 2 rings (SSSR count). The van der Waals surface area contributed by atoms with E-state index in [9.17, 15) is 4.79 Å². The summed E-state index contributed by atoms with van der Waals surface area (Å²) in [5, 5.41) is 0. The first-order valence-electron chi connectivity index (χ1n) is 5.59. The molecule has 6 heteroatoms. The number of hydrogen-bond acceptors (Lipinski definition) is 1. The van der Waals surface area contributed by atoms with Crippen LogP contribution in [-0.4, -0.2) is 22.5 Å². The monoisotopic (exact) mass is 435 g/mol. The van der Waals surface area contributed by atoms with Gasteiger partial charge in [-0.3, -0.25) is 0 Å². The molecule has 0 radical (unpaired) electrons. The van der Waals surface area contributed by atoms with Crippen molar-refractivity contribution in [2.45, 2.75) is 6.54 Å². The molecule has 0 aliphatic carbocycles. The second-order valence-electron chi connectivity index (χ2n) is 4.25. The fourth-order valence-electron chi connectivity index (χ4n) is 1.69. The Labute approximate surface area is 138 Å². The van der Waals surface area contributed by atoms with Crippen LogP contribution in [0.4, 0.5) is 4.79 Å². The highest BCUT2D eigenvalue weighted by atomic mass is 127. The summed E-state index contributed by atoms with van der Waals surface area (Å²) in [4.78, 5) is 13.8. The number of hydrogen-bond donors (Lipinski definition) is 0. The van der Waals surface area contributed by atoms with E-state index in [1.807, 2.05) is 42.1 Å². The lowest BCUT2D eigenvalue weighted by molar-refractivity contribution is -0.670.